The van der Waals surface area contributed by atoms with E-state index in [1.807, 2.05) is 6.92 Å². The minimum absolute atomic E-state index is 0.0384. The standard InChI is InChI=1S/C13H18Cl2FNO/c1-8(7-18-3)6-17-9(2)10-4-13(16)12(15)5-11(10)14/h4-5,8-9,17H,6-7H2,1-3H3. The highest BCUT2D eigenvalue weighted by Crippen LogP contribution is 2.28. The van der Waals surface area contributed by atoms with Gasteiger partial charge in [-0.25, -0.2) is 4.39 Å². The van der Waals surface area contributed by atoms with Crippen molar-refractivity contribution in [1.29, 1.82) is 0 Å². The Morgan fingerprint density at radius 2 is 1.94 bits per heavy atom. The fourth-order valence-electron chi connectivity index (χ4n) is 1.70. The first-order valence-electron chi connectivity index (χ1n) is 5.82. The summed E-state index contributed by atoms with van der Waals surface area (Å²) < 4.78 is 18.5. The van der Waals surface area contributed by atoms with Gasteiger partial charge in [-0.05, 0) is 30.5 Å². The molecule has 1 aromatic carbocycles. The van der Waals surface area contributed by atoms with Crippen LogP contribution < -0.4 is 5.32 Å². The van der Waals surface area contributed by atoms with Crippen molar-refractivity contribution in [2.24, 2.45) is 5.92 Å². The zero-order chi connectivity index (χ0) is 13.7. The van der Waals surface area contributed by atoms with Crippen molar-refractivity contribution < 1.29 is 9.13 Å². The van der Waals surface area contributed by atoms with Crippen LogP contribution in [0.4, 0.5) is 4.39 Å². The monoisotopic (exact) mass is 293 g/mol. The largest absolute Gasteiger partial charge is 0.384 e. The van der Waals surface area contributed by atoms with Gasteiger partial charge < -0.3 is 10.1 Å². The fraction of sp³-hybridized carbons (Fsp3) is 0.538. The third-order valence-corrected chi connectivity index (χ3v) is 3.35. The first-order valence-corrected chi connectivity index (χ1v) is 6.58. The normalized spacial score (nSPS) is 14.6. The van der Waals surface area contributed by atoms with Crippen LogP contribution in [0.2, 0.25) is 10.0 Å². The predicted molar refractivity (Wildman–Crippen MR) is 73.9 cm³/mol. The van der Waals surface area contributed by atoms with Crippen LogP contribution in [0.1, 0.15) is 25.5 Å². The van der Waals surface area contributed by atoms with Crippen molar-refractivity contribution in [1.82, 2.24) is 5.32 Å². The van der Waals surface area contributed by atoms with Crippen molar-refractivity contribution in [3.8, 4) is 0 Å². The highest BCUT2D eigenvalue weighted by atomic mass is 35.5. The third-order valence-electron chi connectivity index (χ3n) is 2.73. The van der Waals surface area contributed by atoms with Gasteiger partial charge in [0.15, 0.2) is 0 Å². The molecule has 0 fully saturated rings. The Hall–Kier alpha value is -0.350. The number of ether oxygens (including phenoxy) is 1. The molecular weight excluding hydrogens is 276 g/mol. The Kier molecular flexibility index (Phi) is 6.36. The SMILES string of the molecule is COCC(C)CNC(C)c1cc(F)c(Cl)cc1Cl. The minimum Gasteiger partial charge on any atom is -0.384 e. The summed E-state index contributed by atoms with van der Waals surface area (Å²) in [5, 5.41) is 3.81. The number of hydrogen-bond acceptors (Lipinski definition) is 2. The maximum Gasteiger partial charge on any atom is 0.142 e. The molecule has 0 saturated carbocycles. The van der Waals surface area contributed by atoms with E-state index in [2.05, 4.69) is 12.2 Å². The second kappa shape index (κ2) is 7.29. The van der Waals surface area contributed by atoms with Gasteiger partial charge >= 0.3 is 0 Å². The van der Waals surface area contributed by atoms with Crippen LogP contribution in [0, 0.1) is 11.7 Å². The van der Waals surface area contributed by atoms with Gasteiger partial charge in [0.1, 0.15) is 5.82 Å². The maximum absolute atomic E-state index is 13.4. The number of methoxy groups -OCH3 is 1. The van der Waals surface area contributed by atoms with Crippen LogP contribution in [0.3, 0.4) is 0 Å². The molecule has 102 valence electrons. The molecule has 2 unspecified atom stereocenters. The zero-order valence-electron chi connectivity index (χ0n) is 10.8. The third kappa shape index (κ3) is 4.39. The van der Waals surface area contributed by atoms with E-state index in [9.17, 15) is 4.39 Å². The quantitative estimate of drug-likeness (QED) is 0.799. The van der Waals surface area contributed by atoms with E-state index in [4.69, 9.17) is 27.9 Å². The predicted octanol–water partition coefficient (Wildman–Crippen LogP) is 4.07. The minimum atomic E-state index is -0.449. The Bertz CT molecular complexity index is 401. The number of halogens is 3. The Labute approximate surface area is 117 Å². The number of hydrogen-bond donors (Lipinski definition) is 1. The molecule has 0 aliphatic rings. The van der Waals surface area contributed by atoms with Gasteiger partial charge in [0.25, 0.3) is 0 Å². The second-order valence-electron chi connectivity index (χ2n) is 4.48. The molecule has 5 heteroatoms. The summed E-state index contributed by atoms with van der Waals surface area (Å²) >= 11 is 11.7. The molecule has 0 radical (unpaired) electrons. The van der Waals surface area contributed by atoms with Gasteiger partial charge in [-0.3, -0.25) is 0 Å². The Morgan fingerprint density at radius 1 is 1.28 bits per heavy atom. The lowest BCUT2D eigenvalue weighted by Gasteiger charge is -2.19. The van der Waals surface area contributed by atoms with Crippen molar-refractivity contribution in [2.75, 3.05) is 20.3 Å². The summed E-state index contributed by atoms with van der Waals surface area (Å²) in [7, 11) is 1.67. The first-order chi connectivity index (χ1) is 8.45. The molecule has 0 aliphatic heterocycles. The van der Waals surface area contributed by atoms with Crippen molar-refractivity contribution >= 4 is 23.2 Å². The summed E-state index contributed by atoms with van der Waals surface area (Å²) in [6.07, 6.45) is 0. The molecule has 1 rings (SSSR count). The summed E-state index contributed by atoms with van der Waals surface area (Å²) in [6, 6.07) is 2.77. The lowest BCUT2D eigenvalue weighted by atomic mass is 10.1. The molecule has 18 heavy (non-hydrogen) atoms. The van der Waals surface area contributed by atoms with Gasteiger partial charge in [0, 0.05) is 31.3 Å². The molecule has 0 aliphatic carbocycles. The van der Waals surface area contributed by atoms with E-state index in [0.29, 0.717) is 23.1 Å². The molecule has 0 saturated heterocycles. The van der Waals surface area contributed by atoms with Gasteiger partial charge in [0.2, 0.25) is 0 Å². The van der Waals surface area contributed by atoms with Crippen LogP contribution in [0.15, 0.2) is 12.1 Å². The molecule has 0 spiro atoms. The highest BCUT2D eigenvalue weighted by Gasteiger charge is 2.14. The van der Waals surface area contributed by atoms with Crippen molar-refractivity contribution in [3.63, 3.8) is 0 Å². The van der Waals surface area contributed by atoms with Crippen LogP contribution >= 0.6 is 23.2 Å². The number of benzene rings is 1. The molecule has 0 heterocycles. The first kappa shape index (κ1) is 15.7. The van der Waals surface area contributed by atoms with E-state index in [1.54, 1.807) is 7.11 Å². The lowest BCUT2D eigenvalue weighted by molar-refractivity contribution is 0.157. The van der Waals surface area contributed by atoms with Gasteiger partial charge in [0.05, 0.1) is 5.02 Å². The summed E-state index contributed by atoms with van der Waals surface area (Å²) in [4.78, 5) is 0. The van der Waals surface area contributed by atoms with Gasteiger partial charge in [-0.2, -0.15) is 0 Å². The Balaban J connectivity index is 2.66. The van der Waals surface area contributed by atoms with Crippen molar-refractivity contribution in [3.05, 3.63) is 33.6 Å². The fourth-order valence-corrected chi connectivity index (χ4v) is 2.25. The van der Waals surface area contributed by atoms with Crippen LogP contribution in [-0.2, 0) is 4.74 Å². The average Bonchev–Trinajstić information content (AvgIpc) is 2.31. The van der Waals surface area contributed by atoms with E-state index < -0.39 is 5.82 Å². The molecule has 2 atom stereocenters. The number of nitrogens with one attached hydrogen (secondary N) is 1. The van der Waals surface area contributed by atoms with Crippen LogP contribution in [0.5, 0.6) is 0 Å². The summed E-state index contributed by atoms with van der Waals surface area (Å²) in [5.74, 6) is -0.0666. The summed E-state index contributed by atoms with van der Waals surface area (Å²) in [5.41, 5.74) is 0.711. The molecule has 2 nitrogen and oxygen atoms in total. The molecule has 0 amide bonds. The van der Waals surface area contributed by atoms with Crippen LogP contribution in [0.25, 0.3) is 0 Å². The zero-order valence-corrected chi connectivity index (χ0v) is 12.3. The Morgan fingerprint density at radius 3 is 2.56 bits per heavy atom. The van der Waals surface area contributed by atoms with Crippen LogP contribution in [-0.4, -0.2) is 20.3 Å². The van der Waals surface area contributed by atoms with Gasteiger partial charge in [-0.15, -0.1) is 0 Å². The average molecular weight is 294 g/mol. The van der Waals surface area contributed by atoms with E-state index >= 15 is 0 Å². The number of rotatable bonds is 6. The topological polar surface area (TPSA) is 21.3 Å². The smallest absolute Gasteiger partial charge is 0.142 e. The molecular formula is C13H18Cl2FNO. The molecule has 0 aromatic heterocycles. The van der Waals surface area contributed by atoms with E-state index in [0.717, 1.165) is 6.54 Å². The molecule has 1 N–H and O–H groups in total. The summed E-state index contributed by atoms with van der Waals surface area (Å²) in [6.45, 7) is 5.47. The van der Waals surface area contributed by atoms with E-state index in [-0.39, 0.29) is 11.1 Å². The maximum atomic E-state index is 13.4. The second-order valence-corrected chi connectivity index (χ2v) is 5.29. The highest BCUT2D eigenvalue weighted by molar-refractivity contribution is 6.35. The molecule has 0 bridgehead atoms. The van der Waals surface area contributed by atoms with Gasteiger partial charge in [-0.1, -0.05) is 30.1 Å². The molecule has 1 aromatic rings. The van der Waals surface area contributed by atoms with E-state index in [1.165, 1.54) is 12.1 Å². The van der Waals surface area contributed by atoms with Crippen molar-refractivity contribution in [2.45, 2.75) is 19.9 Å². The lowest BCUT2D eigenvalue weighted by Crippen LogP contribution is -2.26.